The van der Waals surface area contributed by atoms with Crippen molar-refractivity contribution >= 4 is 35.4 Å². The molecule has 0 aliphatic carbocycles. The van der Waals surface area contributed by atoms with Gasteiger partial charge in [0.05, 0.1) is 12.6 Å². The number of halogens is 1. The van der Waals surface area contributed by atoms with Gasteiger partial charge in [0.25, 0.3) is 5.91 Å². The van der Waals surface area contributed by atoms with E-state index in [0.717, 1.165) is 12.8 Å². The topological polar surface area (TPSA) is 142 Å². The van der Waals surface area contributed by atoms with Crippen LogP contribution >= 0.6 is 11.6 Å². The number of nitrogens with two attached hydrogens (primary N) is 1. The van der Waals surface area contributed by atoms with Crippen LogP contribution in [0.15, 0.2) is 42.6 Å². The van der Waals surface area contributed by atoms with Gasteiger partial charge < -0.3 is 20.6 Å². The molecule has 0 spiro atoms. The fourth-order valence-corrected chi connectivity index (χ4v) is 4.62. The summed E-state index contributed by atoms with van der Waals surface area (Å²) in [5.41, 5.74) is 0.570. The number of nitrogens with zero attached hydrogens (tertiary/aromatic N) is 4. The Balaban J connectivity index is 1.68. The van der Waals surface area contributed by atoms with E-state index < -0.39 is 23.7 Å². The largest absolute Gasteiger partial charge is 0.461 e. The molecule has 3 heterocycles. The smallest absolute Gasteiger partial charge is 0.410 e. The Morgan fingerprint density at radius 3 is 2.52 bits per heavy atom. The Labute approximate surface area is 237 Å². The van der Waals surface area contributed by atoms with E-state index in [0.29, 0.717) is 40.8 Å². The minimum absolute atomic E-state index is 0.0480. The molecule has 11 nitrogen and oxygen atoms in total. The highest BCUT2D eigenvalue weighted by atomic mass is 35.5. The monoisotopic (exact) mass is 568 g/mol. The van der Waals surface area contributed by atoms with Gasteiger partial charge in [-0.05, 0) is 71.2 Å². The van der Waals surface area contributed by atoms with Crippen LogP contribution in [0.4, 0.5) is 10.6 Å². The number of piperidine rings is 1. The number of esters is 1. The second-order valence-corrected chi connectivity index (χ2v) is 10.8. The average molecular weight is 569 g/mol. The summed E-state index contributed by atoms with van der Waals surface area (Å²) in [6, 6.07) is 9.20. The Morgan fingerprint density at radius 2 is 1.88 bits per heavy atom. The van der Waals surface area contributed by atoms with Crippen LogP contribution in [0.5, 0.6) is 0 Å². The molecular weight excluding hydrogens is 536 g/mol. The molecule has 1 aliphatic heterocycles. The molecule has 3 aromatic rings. The van der Waals surface area contributed by atoms with Crippen LogP contribution in [0.25, 0.3) is 11.3 Å². The van der Waals surface area contributed by atoms with Crippen molar-refractivity contribution in [2.24, 2.45) is 0 Å². The molecule has 40 heavy (non-hydrogen) atoms. The number of rotatable bonds is 6. The molecule has 3 N–H and O–H groups in total. The average Bonchev–Trinajstić information content (AvgIpc) is 3.25. The van der Waals surface area contributed by atoms with Crippen LogP contribution in [0.3, 0.4) is 0 Å². The van der Waals surface area contributed by atoms with E-state index in [2.05, 4.69) is 10.3 Å². The van der Waals surface area contributed by atoms with Gasteiger partial charge in [0.2, 0.25) is 0 Å². The van der Waals surface area contributed by atoms with Crippen molar-refractivity contribution in [3.63, 3.8) is 0 Å². The molecule has 12 heteroatoms. The van der Waals surface area contributed by atoms with E-state index in [-0.39, 0.29) is 23.9 Å². The van der Waals surface area contributed by atoms with Crippen molar-refractivity contribution < 1.29 is 23.9 Å². The van der Waals surface area contributed by atoms with E-state index in [1.165, 1.54) is 10.9 Å². The first-order valence-corrected chi connectivity index (χ1v) is 13.4. The number of nitrogen functional groups attached to an aromatic ring is 1. The normalized spacial score (nSPS) is 15.4. The van der Waals surface area contributed by atoms with Gasteiger partial charge in [0.1, 0.15) is 17.1 Å². The molecule has 2 aromatic heterocycles. The fraction of sp³-hybridized carbons (Fsp3) is 0.393. The van der Waals surface area contributed by atoms with Gasteiger partial charge in [-0.3, -0.25) is 9.69 Å². The number of anilines is 1. The minimum atomic E-state index is -0.671. The molecule has 0 saturated carbocycles. The van der Waals surface area contributed by atoms with Crippen LogP contribution in [0.2, 0.25) is 5.02 Å². The standard InChI is InChI=1S/C28H33ClN6O5/c1-5-39-26(37)23-22(17-9-11-18(12-10-17)25(36)32-21-16-19(29)13-14-31-21)33-24(35(23)30)20-8-6-7-15-34(20)27(38)40-28(2,3)4/h9-14,16,20H,5-8,15,30H2,1-4H3,(H,31,32,36)/t20-/m0/s1. The number of imidazole rings is 1. The van der Waals surface area contributed by atoms with E-state index >= 15 is 0 Å². The number of carbonyl (C=O) groups is 3. The number of aromatic nitrogens is 3. The summed E-state index contributed by atoms with van der Waals surface area (Å²) in [6.45, 7) is 7.73. The molecule has 4 rings (SSSR count). The first-order chi connectivity index (χ1) is 19.0. The van der Waals surface area contributed by atoms with E-state index in [9.17, 15) is 14.4 Å². The van der Waals surface area contributed by atoms with Crippen LogP contribution in [-0.4, -0.2) is 56.3 Å². The summed E-state index contributed by atoms with van der Waals surface area (Å²) in [6.07, 6.45) is 3.30. The van der Waals surface area contributed by atoms with E-state index in [4.69, 9.17) is 31.9 Å². The van der Waals surface area contributed by atoms with Gasteiger partial charge in [-0.1, -0.05) is 23.7 Å². The Morgan fingerprint density at radius 1 is 1.15 bits per heavy atom. The van der Waals surface area contributed by atoms with Gasteiger partial charge >= 0.3 is 12.1 Å². The maximum absolute atomic E-state index is 13.0. The van der Waals surface area contributed by atoms with Gasteiger partial charge in [-0.15, -0.1) is 0 Å². The third-order valence-corrected chi connectivity index (χ3v) is 6.46. The van der Waals surface area contributed by atoms with Crippen molar-refractivity contribution in [2.75, 3.05) is 24.3 Å². The SMILES string of the molecule is CCOC(=O)c1c(-c2ccc(C(=O)Nc3cc(Cl)ccn3)cc2)nc([C@@H]2CCCCN2C(=O)OC(C)(C)C)n1N. The molecule has 0 bridgehead atoms. The summed E-state index contributed by atoms with van der Waals surface area (Å²) >= 11 is 5.97. The highest BCUT2D eigenvalue weighted by Gasteiger charge is 2.36. The summed E-state index contributed by atoms with van der Waals surface area (Å²) in [5, 5.41) is 3.14. The number of benzene rings is 1. The first kappa shape index (κ1) is 28.9. The molecule has 212 valence electrons. The lowest BCUT2D eigenvalue weighted by atomic mass is 10.0. The molecule has 1 atom stereocenters. The maximum atomic E-state index is 13.0. The van der Waals surface area contributed by atoms with Crippen LogP contribution in [0.1, 0.15) is 79.7 Å². The highest BCUT2D eigenvalue weighted by molar-refractivity contribution is 6.30. The quantitative estimate of drug-likeness (QED) is 0.305. The molecule has 2 amide bonds. The lowest BCUT2D eigenvalue weighted by Gasteiger charge is -2.36. The molecule has 1 saturated heterocycles. The Bertz CT molecular complexity index is 1400. The predicted octanol–water partition coefficient (Wildman–Crippen LogP) is 5.20. The number of hydrogen-bond donors (Lipinski definition) is 2. The van der Waals surface area contributed by atoms with Gasteiger partial charge in [0.15, 0.2) is 11.5 Å². The molecule has 1 aromatic carbocycles. The zero-order chi connectivity index (χ0) is 29.0. The summed E-state index contributed by atoms with van der Waals surface area (Å²) < 4.78 is 12.1. The van der Waals surface area contributed by atoms with E-state index in [1.54, 1.807) is 69.0 Å². The molecular formula is C28H33ClN6O5. The maximum Gasteiger partial charge on any atom is 0.410 e. The third-order valence-electron chi connectivity index (χ3n) is 6.22. The van der Waals surface area contributed by atoms with Crippen LogP contribution in [-0.2, 0) is 9.47 Å². The number of likely N-dealkylation sites (tertiary alicyclic amines) is 1. The van der Waals surface area contributed by atoms with Crippen LogP contribution < -0.4 is 11.2 Å². The number of ether oxygens (including phenoxy) is 2. The van der Waals surface area contributed by atoms with E-state index in [1.807, 2.05) is 0 Å². The first-order valence-electron chi connectivity index (χ1n) is 13.1. The molecule has 1 aliphatic rings. The molecule has 0 radical (unpaired) electrons. The number of amides is 2. The summed E-state index contributed by atoms with van der Waals surface area (Å²) in [4.78, 5) is 49.2. The number of pyridine rings is 1. The highest BCUT2D eigenvalue weighted by Crippen LogP contribution is 2.35. The second kappa shape index (κ2) is 12.0. The van der Waals surface area contributed by atoms with Crippen LogP contribution in [0, 0.1) is 0 Å². The second-order valence-electron chi connectivity index (χ2n) is 10.3. The van der Waals surface area contributed by atoms with Crippen molar-refractivity contribution in [3.05, 3.63) is 64.7 Å². The summed E-state index contributed by atoms with van der Waals surface area (Å²) in [7, 11) is 0. The van der Waals surface area contributed by atoms with Crippen molar-refractivity contribution in [1.29, 1.82) is 0 Å². The number of carbonyl (C=O) groups excluding carboxylic acids is 3. The molecule has 1 fully saturated rings. The summed E-state index contributed by atoms with van der Waals surface area (Å²) in [5.74, 6) is 6.10. The Hall–Kier alpha value is -4.12. The zero-order valence-electron chi connectivity index (χ0n) is 22.9. The Kier molecular flexibility index (Phi) is 8.63. The van der Waals surface area contributed by atoms with Gasteiger partial charge in [-0.25, -0.2) is 24.2 Å². The lowest BCUT2D eigenvalue weighted by Crippen LogP contribution is -2.43. The van der Waals surface area contributed by atoms with Crippen molar-refractivity contribution in [1.82, 2.24) is 19.5 Å². The zero-order valence-corrected chi connectivity index (χ0v) is 23.7. The van der Waals surface area contributed by atoms with Crippen molar-refractivity contribution in [3.8, 4) is 11.3 Å². The third kappa shape index (κ3) is 6.53. The predicted molar refractivity (Wildman–Crippen MR) is 151 cm³/mol. The van der Waals surface area contributed by atoms with Gasteiger partial charge in [-0.2, -0.15) is 0 Å². The number of hydrogen-bond acceptors (Lipinski definition) is 8. The number of nitrogens with one attached hydrogen (secondary N) is 1. The van der Waals surface area contributed by atoms with Gasteiger partial charge in [0, 0.05) is 28.9 Å². The minimum Gasteiger partial charge on any atom is -0.461 e. The lowest BCUT2D eigenvalue weighted by molar-refractivity contribution is 0.00820. The fourth-order valence-electron chi connectivity index (χ4n) is 4.46. The molecule has 0 unspecified atom stereocenters. The van der Waals surface area contributed by atoms with Crippen molar-refractivity contribution in [2.45, 2.75) is 58.6 Å².